The predicted octanol–water partition coefficient (Wildman–Crippen LogP) is 7.48. The number of hydrogen-bond donors (Lipinski definition) is 2. The van der Waals surface area contributed by atoms with Crippen LogP contribution in [0.4, 0.5) is 20.3 Å². The summed E-state index contributed by atoms with van der Waals surface area (Å²) < 4.78 is 58.3. The number of benzene rings is 3. The number of fused-ring (bicyclic) bond motifs is 1. The summed E-state index contributed by atoms with van der Waals surface area (Å²) in [6.45, 7) is 4.07. The molecule has 1 unspecified atom stereocenters. The lowest BCUT2D eigenvalue weighted by molar-refractivity contribution is 0.306. The molecule has 0 spiro atoms. The van der Waals surface area contributed by atoms with Crippen molar-refractivity contribution < 1.29 is 21.9 Å². The molecular weight excluding hydrogens is 628 g/mol. The molecule has 2 N–H and O–H groups in total. The van der Waals surface area contributed by atoms with Crippen LogP contribution >= 0.6 is 22.9 Å². The van der Waals surface area contributed by atoms with Gasteiger partial charge < -0.3 is 15.4 Å². The maximum atomic E-state index is 15.3. The number of nitrogens with one attached hydrogen (secondary N) is 2. The molecule has 5 rings (SSSR count). The van der Waals surface area contributed by atoms with Crippen LogP contribution in [0.2, 0.25) is 5.02 Å². The van der Waals surface area contributed by atoms with Crippen molar-refractivity contribution in [3.05, 3.63) is 93.5 Å². The molecule has 0 aliphatic rings. The number of rotatable bonds is 13. The van der Waals surface area contributed by atoms with E-state index >= 15 is 4.39 Å². The van der Waals surface area contributed by atoms with Gasteiger partial charge in [0.2, 0.25) is 0 Å². The number of aromatic nitrogens is 3. The lowest BCUT2D eigenvalue weighted by atomic mass is 10.1. The van der Waals surface area contributed by atoms with Crippen molar-refractivity contribution in [1.29, 1.82) is 0 Å². The van der Waals surface area contributed by atoms with E-state index in [9.17, 15) is 12.8 Å². The number of halogens is 3. The third kappa shape index (κ3) is 7.68. The normalized spacial score (nSPS) is 12.4. The molecule has 5 aromatic rings. The smallest absolute Gasteiger partial charge is 0.151 e. The molecule has 0 fully saturated rings. The molecule has 0 aliphatic heterocycles. The topological polar surface area (TPSA) is 106 Å². The van der Waals surface area contributed by atoms with Gasteiger partial charge in [0.25, 0.3) is 0 Å². The van der Waals surface area contributed by atoms with Gasteiger partial charge in [-0.05, 0) is 48.4 Å². The number of sulfone groups is 1. The average Bonchev–Trinajstić information content (AvgIpc) is 3.48. The predicted molar refractivity (Wildman–Crippen MR) is 171 cm³/mol. The Bertz CT molecular complexity index is 1890. The minimum absolute atomic E-state index is 0.0448. The van der Waals surface area contributed by atoms with E-state index in [-0.39, 0.29) is 30.0 Å². The summed E-state index contributed by atoms with van der Waals surface area (Å²) in [4.78, 5) is 13.3. The van der Waals surface area contributed by atoms with Gasteiger partial charge in [-0.25, -0.2) is 32.2 Å². The first-order valence-electron chi connectivity index (χ1n) is 13.9. The van der Waals surface area contributed by atoms with Crippen LogP contribution in [0.3, 0.4) is 0 Å². The van der Waals surface area contributed by atoms with Crippen LogP contribution in [0.1, 0.15) is 36.9 Å². The Hall–Kier alpha value is -3.71. The van der Waals surface area contributed by atoms with E-state index in [2.05, 4.69) is 25.6 Å². The summed E-state index contributed by atoms with van der Waals surface area (Å²) in [5.41, 5.74) is 2.46. The molecule has 0 amide bonds. The van der Waals surface area contributed by atoms with Gasteiger partial charge in [0, 0.05) is 40.4 Å². The van der Waals surface area contributed by atoms with Crippen LogP contribution < -0.4 is 15.4 Å². The molecule has 0 radical (unpaired) electrons. The molecule has 0 aliphatic carbocycles. The summed E-state index contributed by atoms with van der Waals surface area (Å²) in [6, 6.07) is 14.1. The van der Waals surface area contributed by atoms with E-state index in [1.165, 1.54) is 35.9 Å². The molecule has 0 saturated carbocycles. The Morgan fingerprint density at radius 1 is 1.07 bits per heavy atom. The summed E-state index contributed by atoms with van der Waals surface area (Å²) in [5, 5.41) is 9.94. The zero-order chi connectivity index (χ0) is 31.3. The van der Waals surface area contributed by atoms with Gasteiger partial charge in [-0.3, -0.25) is 0 Å². The largest absolute Gasteiger partial charge is 0.487 e. The Labute approximate surface area is 263 Å². The lowest BCUT2D eigenvalue weighted by Crippen LogP contribution is -2.27. The second-order valence-corrected chi connectivity index (χ2v) is 13.8. The fraction of sp³-hybridized carbons (Fsp3) is 0.258. The standard InChI is InChI=1S/C31H30ClF2N5O3S2/c1-3-26(35-10-11-44(40,41)4-2)31-39-28(17-43-31)22-14-23-27(15-25(22)34)36-18-37-30(23)38-21-8-9-29(24(32)13-21)42-16-19-6-5-7-20(33)12-19/h5-9,12-15,17-18,26,35H,3-4,10-11,16H2,1-2H3,(H,36,37,38). The van der Waals surface area contributed by atoms with E-state index in [0.29, 0.717) is 63.0 Å². The molecule has 2 heterocycles. The van der Waals surface area contributed by atoms with E-state index < -0.39 is 15.7 Å². The maximum Gasteiger partial charge on any atom is 0.151 e. The number of nitrogens with zero attached hydrogens (tertiary/aromatic N) is 3. The highest BCUT2D eigenvalue weighted by atomic mass is 35.5. The molecule has 230 valence electrons. The molecule has 13 heteroatoms. The van der Waals surface area contributed by atoms with Gasteiger partial charge in [0.05, 0.1) is 28.0 Å². The fourth-order valence-corrected chi connectivity index (χ4v) is 6.43. The van der Waals surface area contributed by atoms with E-state index in [1.807, 2.05) is 6.92 Å². The van der Waals surface area contributed by atoms with Gasteiger partial charge in [-0.15, -0.1) is 11.3 Å². The van der Waals surface area contributed by atoms with Crippen LogP contribution in [-0.2, 0) is 16.4 Å². The maximum absolute atomic E-state index is 15.3. The Balaban J connectivity index is 1.34. The van der Waals surface area contributed by atoms with Crippen LogP contribution in [0.5, 0.6) is 5.75 Å². The van der Waals surface area contributed by atoms with Crippen molar-refractivity contribution in [1.82, 2.24) is 20.3 Å². The first-order valence-corrected chi connectivity index (χ1v) is 17.0. The summed E-state index contributed by atoms with van der Waals surface area (Å²) in [6.07, 6.45) is 2.04. The van der Waals surface area contributed by atoms with Crippen LogP contribution in [0.15, 0.2) is 66.3 Å². The number of ether oxygens (including phenoxy) is 1. The third-order valence-electron chi connectivity index (χ3n) is 6.95. The van der Waals surface area contributed by atoms with E-state index in [1.54, 1.807) is 48.7 Å². The highest BCUT2D eigenvalue weighted by Gasteiger charge is 2.19. The van der Waals surface area contributed by atoms with Crippen LogP contribution in [0.25, 0.3) is 22.2 Å². The van der Waals surface area contributed by atoms with E-state index in [4.69, 9.17) is 16.3 Å². The molecule has 1 atom stereocenters. The van der Waals surface area contributed by atoms with Crippen LogP contribution in [-0.4, -0.2) is 41.4 Å². The van der Waals surface area contributed by atoms with Gasteiger partial charge in [-0.1, -0.05) is 37.6 Å². The summed E-state index contributed by atoms with van der Waals surface area (Å²) in [5.74, 6) is 0.206. The van der Waals surface area contributed by atoms with Crippen LogP contribution in [0, 0.1) is 11.6 Å². The monoisotopic (exact) mass is 657 g/mol. The molecule has 44 heavy (non-hydrogen) atoms. The summed E-state index contributed by atoms with van der Waals surface area (Å²) in [7, 11) is -3.09. The fourth-order valence-electron chi connectivity index (χ4n) is 4.50. The minimum atomic E-state index is -3.09. The highest BCUT2D eigenvalue weighted by molar-refractivity contribution is 7.91. The Morgan fingerprint density at radius 2 is 1.91 bits per heavy atom. The zero-order valence-electron chi connectivity index (χ0n) is 24.0. The first-order chi connectivity index (χ1) is 21.2. The average molecular weight is 658 g/mol. The molecule has 8 nitrogen and oxygen atoms in total. The van der Waals surface area contributed by atoms with Gasteiger partial charge >= 0.3 is 0 Å². The SMILES string of the molecule is CCC(NCCS(=O)(=O)CC)c1nc(-c2cc3c(Nc4ccc(OCc5cccc(F)c5)c(Cl)c4)ncnc3cc2F)cs1. The van der Waals surface area contributed by atoms with Crippen molar-refractivity contribution in [2.45, 2.75) is 32.9 Å². The molecule has 3 aromatic carbocycles. The second-order valence-electron chi connectivity index (χ2n) is 9.98. The molecule has 0 saturated heterocycles. The Kier molecular flexibility index (Phi) is 10.0. The Morgan fingerprint density at radius 3 is 2.66 bits per heavy atom. The molecule has 0 bridgehead atoms. The van der Waals surface area contributed by atoms with Crippen molar-refractivity contribution in [3.63, 3.8) is 0 Å². The lowest BCUT2D eigenvalue weighted by Gasteiger charge is -2.14. The number of hydrogen-bond acceptors (Lipinski definition) is 9. The number of thiazole rings is 1. The van der Waals surface area contributed by atoms with Crippen molar-refractivity contribution in [2.75, 3.05) is 23.4 Å². The van der Waals surface area contributed by atoms with Gasteiger partial charge in [0.1, 0.15) is 41.1 Å². The summed E-state index contributed by atoms with van der Waals surface area (Å²) >= 11 is 7.86. The molecular formula is C31H30ClF2N5O3S2. The van der Waals surface area contributed by atoms with Crippen molar-refractivity contribution >= 4 is 55.2 Å². The van der Waals surface area contributed by atoms with Gasteiger partial charge in [-0.2, -0.15) is 0 Å². The quantitative estimate of drug-likeness (QED) is 0.134. The van der Waals surface area contributed by atoms with Crippen molar-refractivity contribution in [2.24, 2.45) is 0 Å². The minimum Gasteiger partial charge on any atom is -0.487 e. The van der Waals surface area contributed by atoms with Crippen molar-refractivity contribution in [3.8, 4) is 17.0 Å². The first kappa shape index (κ1) is 31.7. The second kappa shape index (κ2) is 13.9. The third-order valence-corrected chi connectivity index (χ3v) is 9.91. The highest BCUT2D eigenvalue weighted by Crippen LogP contribution is 2.34. The number of anilines is 2. The van der Waals surface area contributed by atoms with E-state index in [0.717, 1.165) is 5.01 Å². The zero-order valence-corrected chi connectivity index (χ0v) is 26.4. The van der Waals surface area contributed by atoms with Gasteiger partial charge in [0.15, 0.2) is 9.84 Å². The molecule has 2 aromatic heterocycles.